The zero-order chi connectivity index (χ0) is 26.9. The maximum Gasteiger partial charge on any atom is 0.259 e. The summed E-state index contributed by atoms with van der Waals surface area (Å²) in [6.45, 7) is 11.8. The van der Waals surface area contributed by atoms with Gasteiger partial charge in [0.05, 0.1) is 18.8 Å². The molecule has 0 aromatic heterocycles. The number of phenolic OH excluding ortho intramolecular Hbond substituents is 1. The second-order valence-electron chi connectivity index (χ2n) is 11.6. The van der Waals surface area contributed by atoms with Gasteiger partial charge in [0, 0.05) is 41.9 Å². The summed E-state index contributed by atoms with van der Waals surface area (Å²) in [5.41, 5.74) is 4.82. The van der Waals surface area contributed by atoms with Gasteiger partial charge in [-0.3, -0.25) is 4.79 Å². The number of hydrogen-bond acceptors (Lipinski definition) is 5. The number of rotatable bonds is 7. The van der Waals surface area contributed by atoms with E-state index in [9.17, 15) is 9.90 Å². The third-order valence-corrected chi connectivity index (χ3v) is 8.51. The highest BCUT2D eigenvalue weighted by molar-refractivity contribution is 6.08. The monoisotopic (exact) mass is 518 g/mol. The van der Waals surface area contributed by atoms with E-state index in [0.29, 0.717) is 11.3 Å². The summed E-state index contributed by atoms with van der Waals surface area (Å²) in [6, 6.07) is 9.96. The molecule has 0 spiro atoms. The van der Waals surface area contributed by atoms with Gasteiger partial charge in [-0.25, -0.2) is 0 Å². The predicted molar refractivity (Wildman–Crippen MR) is 153 cm³/mol. The highest BCUT2D eigenvalue weighted by Gasteiger charge is 2.46. The molecule has 2 heterocycles. The Labute approximate surface area is 227 Å². The number of allylic oxidation sites excluding steroid dienone is 2. The number of aromatic hydroxyl groups is 1. The van der Waals surface area contributed by atoms with Gasteiger partial charge in [0.25, 0.3) is 5.91 Å². The summed E-state index contributed by atoms with van der Waals surface area (Å²) in [7, 11) is 0. The van der Waals surface area contributed by atoms with Crippen LogP contribution in [0.1, 0.15) is 87.2 Å². The van der Waals surface area contributed by atoms with Crippen molar-refractivity contribution in [2.45, 2.75) is 77.7 Å². The van der Waals surface area contributed by atoms with Crippen molar-refractivity contribution < 1.29 is 19.4 Å². The zero-order valence-corrected chi connectivity index (χ0v) is 23.3. The number of anilines is 2. The van der Waals surface area contributed by atoms with Crippen LogP contribution in [-0.2, 0) is 11.2 Å². The molecule has 204 valence electrons. The van der Waals surface area contributed by atoms with Gasteiger partial charge < -0.3 is 24.8 Å². The van der Waals surface area contributed by atoms with E-state index in [-0.39, 0.29) is 29.1 Å². The Kier molecular flexibility index (Phi) is 7.71. The normalized spacial score (nSPS) is 22.1. The number of nitrogens with zero attached hydrogens (tertiary/aromatic N) is 1. The molecule has 1 saturated heterocycles. The number of ether oxygens (including phenoxy) is 2. The van der Waals surface area contributed by atoms with Crippen molar-refractivity contribution in [3.63, 3.8) is 0 Å². The van der Waals surface area contributed by atoms with Crippen LogP contribution in [0.4, 0.5) is 11.4 Å². The van der Waals surface area contributed by atoms with Crippen molar-refractivity contribution in [2.75, 3.05) is 36.5 Å². The topological polar surface area (TPSA) is 71.0 Å². The molecule has 1 fully saturated rings. The van der Waals surface area contributed by atoms with Gasteiger partial charge in [0.2, 0.25) is 0 Å². The van der Waals surface area contributed by atoms with E-state index in [2.05, 4.69) is 44.0 Å². The molecule has 6 heteroatoms. The van der Waals surface area contributed by atoms with E-state index >= 15 is 0 Å². The molecule has 3 aliphatic rings. The van der Waals surface area contributed by atoms with Crippen LogP contribution in [0.15, 0.2) is 42.0 Å². The zero-order valence-electron chi connectivity index (χ0n) is 23.3. The van der Waals surface area contributed by atoms with Gasteiger partial charge in [-0.1, -0.05) is 31.4 Å². The number of hydrogen-bond donors (Lipinski definition) is 2. The van der Waals surface area contributed by atoms with Gasteiger partial charge >= 0.3 is 0 Å². The minimum absolute atomic E-state index is 0.0338. The largest absolute Gasteiger partial charge is 0.507 e. The Hall–Kier alpha value is -2.99. The molecule has 2 aliphatic heterocycles. The lowest BCUT2D eigenvalue weighted by atomic mass is 9.67. The number of phenols is 1. The summed E-state index contributed by atoms with van der Waals surface area (Å²) in [4.78, 5) is 16.0. The average Bonchev–Trinajstić information content (AvgIpc) is 2.89. The second kappa shape index (κ2) is 11.0. The lowest BCUT2D eigenvalue weighted by molar-refractivity contribution is 0.0107. The highest BCUT2D eigenvalue weighted by Crippen LogP contribution is 2.54. The molecular weight excluding hydrogens is 476 g/mol. The number of benzene rings is 2. The number of unbranched alkanes of at least 4 members (excludes halogenated alkanes) is 2. The number of amides is 1. The van der Waals surface area contributed by atoms with Gasteiger partial charge in [-0.05, 0) is 82.3 Å². The van der Waals surface area contributed by atoms with Crippen LogP contribution in [0, 0.1) is 5.92 Å². The first-order chi connectivity index (χ1) is 18.3. The van der Waals surface area contributed by atoms with Gasteiger partial charge in [0.15, 0.2) is 0 Å². The molecule has 38 heavy (non-hydrogen) atoms. The van der Waals surface area contributed by atoms with Crippen LogP contribution >= 0.6 is 0 Å². The summed E-state index contributed by atoms with van der Waals surface area (Å²) < 4.78 is 12.0. The number of fused-ring (bicyclic) bond motifs is 3. The van der Waals surface area contributed by atoms with Crippen LogP contribution < -0.4 is 15.0 Å². The van der Waals surface area contributed by atoms with Crippen LogP contribution in [0.2, 0.25) is 0 Å². The minimum Gasteiger partial charge on any atom is -0.507 e. The van der Waals surface area contributed by atoms with E-state index in [1.54, 1.807) is 0 Å². The lowest BCUT2D eigenvalue weighted by Gasteiger charge is -2.46. The van der Waals surface area contributed by atoms with Gasteiger partial charge in [-0.2, -0.15) is 0 Å². The molecular formula is C32H42N2O4. The van der Waals surface area contributed by atoms with Crippen LogP contribution in [-0.4, -0.2) is 42.9 Å². The Bertz CT molecular complexity index is 1190. The standard InChI is InChI=1S/C32H42N2O4/c1-5-6-7-8-22-20-27-29(25-19-21(2)9-14-26(25)32(3,4)38-27)30(35)28(22)31(36)33-23-10-12-24(13-11-23)34-15-17-37-18-16-34/h10-13,19-20,25-26,35H,5-9,14-18H2,1-4H3,(H,33,36)/t25-,26-/m1/s1. The minimum atomic E-state index is -0.339. The maximum atomic E-state index is 13.8. The second-order valence-corrected chi connectivity index (χ2v) is 11.6. The smallest absolute Gasteiger partial charge is 0.259 e. The molecule has 2 aromatic rings. The molecule has 5 rings (SSSR count). The van der Waals surface area contributed by atoms with Crippen LogP contribution in [0.5, 0.6) is 11.5 Å². The summed E-state index contributed by atoms with van der Waals surface area (Å²) in [5.74, 6) is 0.810. The maximum absolute atomic E-state index is 13.8. The number of carbonyl (C=O) groups excluding carboxylic acids is 1. The fraction of sp³-hybridized carbons (Fsp3) is 0.531. The van der Waals surface area contributed by atoms with Gasteiger partial charge in [-0.15, -0.1) is 0 Å². The molecule has 6 nitrogen and oxygen atoms in total. The fourth-order valence-electron chi connectivity index (χ4n) is 6.40. The fourth-order valence-corrected chi connectivity index (χ4v) is 6.40. The Morgan fingerprint density at radius 1 is 1.16 bits per heavy atom. The molecule has 2 aromatic carbocycles. The first-order valence-corrected chi connectivity index (χ1v) is 14.3. The molecule has 1 amide bonds. The van der Waals surface area contributed by atoms with E-state index in [4.69, 9.17) is 9.47 Å². The van der Waals surface area contributed by atoms with Crippen molar-refractivity contribution in [1.82, 2.24) is 0 Å². The van der Waals surface area contributed by atoms with Gasteiger partial charge in [0.1, 0.15) is 17.1 Å². The number of morpholine rings is 1. The average molecular weight is 519 g/mol. The Morgan fingerprint density at radius 3 is 2.61 bits per heavy atom. The van der Waals surface area contributed by atoms with Crippen molar-refractivity contribution in [2.24, 2.45) is 5.92 Å². The Morgan fingerprint density at radius 2 is 1.89 bits per heavy atom. The van der Waals surface area contributed by atoms with Crippen molar-refractivity contribution >= 4 is 17.3 Å². The number of nitrogens with one attached hydrogen (secondary N) is 1. The third-order valence-electron chi connectivity index (χ3n) is 8.51. The van der Waals surface area contributed by atoms with Crippen LogP contribution in [0.3, 0.4) is 0 Å². The molecule has 0 radical (unpaired) electrons. The molecule has 0 unspecified atom stereocenters. The Balaban J connectivity index is 1.48. The number of carbonyl (C=O) groups is 1. The van der Waals surface area contributed by atoms with E-state index in [1.807, 2.05) is 30.3 Å². The first-order valence-electron chi connectivity index (χ1n) is 14.3. The predicted octanol–water partition coefficient (Wildman–Crippen LogP) is 6.82. The van der Waals surface area contributed by atoms with E-state index in [0.717, 1.165) is 87.4 Å². The summed E-state index contributed by atoms with van der Waals surface area (Å²) in [6.07, 6.45) is 8.16. The molecule has 0 bridgehead atoms. The van der Waals surface area contributed by atoms with Crippen LogP contribution in [0.25, 0.3) is 0 Å². The lowest BCUT2D eigenvalue weighted by Crippen LogP contribution is -2.45. The van der Waals surface area contributed by atoms with E-state index in [1.165, 1.54) is 5.57 Å². The van der Waals surface area contributed by atoms with Crippen molar-refractivity contribution in [3.8, 4) is 11.5 Å². The highest BCUT2D eigenvalue weighted by atomic mass is 16.5. The quantitative estimate of drug-likeness (QED) is 0.311. The third kappa shape index (κ3) is 5.28. The molecule has 2 N–H and O–H groups in total. The van der Waals surface area contributed by atoms with Crippen molar-refractivity contribution in [1.29, 1.82) is 0 Å². The summed E-state index contributed by atoms with van der Waals surface area (Å²) in [5, 5.41) is 14.8. The molecule has 1 aliphatic carbocycles. The number of aryl methyl sites for hydroxylation is 1. The molecule has 0 saturated carbocycles. The summed E-state index contributed by atoms with van der Waals surface area (Å²) >= 11 is 0. The van der Waals surface area contributed by atoms with E-state index < -0.39 is 0 Å². The molecule has 2 atom stereocenters. The van der Waals surface area contributed by atoms with Crippen molar-refractivity contribution in [3.05, 3.63) is 58.7 Å². The SMILES string of the molecule is CCCCCc1cc2c(c(O)c1C(=O)Nc1ccc(N3CCOCC3)cc1)[C@@H]1C=C(C)CC[C@H]1C(C)(C)O2. The first kappa shape index (κ1) is 26.6.